The number of sulfonamides is 1. The number of halogens is 3. The van der Waals surface area contributed by atoms with Crippen molar-refractivity contribution in [3.63, 3.8) is 0 Å². The van der Waals surface area contributed by atoms with Crippen LogP contribution in [0.1, 0.15) is 24.8 Å². The molecule has 0 spiro atoms. The second-order valence-corrected chi connectivity index (χ2v) is 11.8. The van der Waals surface area contributed by atoms with Crippen LogP contribution < -0.4 is 10.0 Å². The second kappa shape index (κ2) is 9.14. The summed E-state index contributed by atoms with van der Waals surface area (Å²) in [6.45, 7) is 0. The van der Waals surface area contributed by atoms with Crippen molar-refractivity contribution in [2.45, 2.75) is 42.4 Å². The molecule has 1 aromatic carbocycles. The highest BCUT2D eigenvalue weighted by Gasteiger charge is 2.35. The number of nitriles is 1. The molecule has 186 valence electrons. The smallest absolute Gasteiger partial charge is 0.380 e. The molecule has 14 heteroatoms. The van der Waals surface area contributed by atoms with Crippen LogP contribution in [0.25, 0.3) is 11.0 Å². The molecule has 0 aliphatic heterocycles. The van der Waals surface area contributed by atoms with Gasteiger partial charge in [-0.1, -0.05) is 18.2 Å². The van der Waals surface area contributed by atoms with Gasteiger partial charge in [0.2, 0.25) is 10.0 Å². The average molecular weight is 528 g/mol. The fraction of sp³-hybridized carbons (Fsp3) is 0.333. The van der Waals surface area contributed by atoms with Crippen LogP contribution in [0.2, 0.25) is 0 Å². The van der Waals surface area contributed by atoms with Gasteiger partial charge < -0.3 is 5.32 Å². The lowest BCUT2D eigenvalue weighted by atomic mass is 9.87. The van der Waals surface area contributed by atoms with E-state index in [0.717, 1.165) is 3.97 Å². The van der Waals surface area contributed by atoms with Gasteiger partial charge in [0.25, 0.3) is 10.0 Å². The Balaban J connectivity index is 1.52. The lowest BCUT2D eigenvalue weighted by Gasteiger charge is -2.37. The SMILES string of the molecule is N#Cc1cnc2c(ccn2S(=O)(=O)c2ccccc2)c1NC1CC(NS(=O)(=O)CCC(F)(F)F)C1. The van der Waals surface area contributed by atoms with Gasteiger partial charge in [-0.05, 0) is 31.0 Å². The summed E-state index contributed by atoms with van der Waals surface area (Å²) in [6.07, 6.45) is -2.85. The summed E-state index contributed by atoms with van der Waals surface area (Å²) in [5, 5.41) is 13.0. The molecule has 3 aromatic rings. The largest absolute Gasteiger partial charge is 0.390 e. The zero-order valence-electron chi connectivity index (χ0n) is 18.0. The number of benzene rings is 1. The van der Waals surface area contributed by atoms with Gasteiger partial charge in [-0.15, -0.1) is 0 Å². The zero-order valence-corrected chi connectivity index (χ0v) is 19.7. The molecule has 0 unspecified atom stereocenters. The van der Waals surface area contributed by atoms with Crippen LogP contribution in [-0.2, 0) is 20.0 Å². The molecule has 1 fully saturated rings. The van der Waals surface area contributed by atoms with Crippen molar-refractivity contribution < 1.29 is 30.0 Å². The first-order valence-corrected chi connectivity index (χ1v) is 13.5. The maximum absolute atomic E-state index is 13.1. The summed E-state index contributed by atoms with van der Waals surface area (Å²) in [4.78, 5) is 4.22. The van der Waals surface area contributed by atoms with Crippen LogP contribution in [-0.4, -0.2) is 49.8 Å². The predicted molar refractivity (Wildman–Crippen MR) is 122 cm³/mol. The number of anilines is 1. The lowest BCUT2D eigenvalue weighted by molar-refractivity contribution is -0.130. The zero-order chi connectivity index (χ0) is 25.4. The van der Waals surface area contributed by atoms with E-state index in [1.807, 2.05) is 6.07 Å². The molecule has 0 radical (unpaired) electrons. The van der Waals surface area contributed by atoms with Gasteiger partial charge in [0.15, 0.2) is 5.65 Å². The minimum Gasteiger partial charge on any atom is -0.380 e. The Bertz CT molecular complexity index is 1490. The fourth-order valence-electron chi connectivity index (χ4n) is 3.80. The van der Waals surface area contributed by atoms with Crippen molar-refractivity contribution in [3.05, 3.63) is 54.4 Å². The molecule has 1 aliphatic carbocycles. The van der Waals surface area contributed by atoms with E-state index < -0.39 is 44.4 Å². The summed E-state index contributed by atoms with van der Waals surface area (Å²) in [5.41, 5.74) is 0.628. The molecule has 35 heavy (non-hydrogen) atoms. The summed E-state index contributed by atoms with van der Waals surface area (Å²) >= 11 is 0. The summed E-state index contributed by atoms with van der Waals surface area (Å²) in [5.74, 6) is -1.04. The minimum atomic E-state index is -4.57. The third-order valence-electron chi connectivity index (χ3n) is 5.59. The number of nitrogens with zero attached hydrogens (tertiary/aromatic N) is 3. The van der Waals surface area contributed by atoms with Crippen LogP contribution in [0.4, 0.5) is 18.9 Å². The number of aromatic nitrogens is 2. The minimum absolute atomic E-state index is 0.0674. The Morgan fingerprint density at radius 1 is 1.09 bits per heavy atom. The standard InChI is InChI=1S/C21H20F3N5O4S2/c22-21(23,24)7-9-34(30,31)28-16-10-15(11-16)27-19-14(12-25)13-26-20-18(19)6-8-29(20)35(32,33)17-4-2-1-3-5-17/h1-6,8,13,15-16,28H,7,9-11H2,(H,26,27). The highest BCUT2D eigenvalue weighted by atomic mass is 32.2. The van der Waals surface area contributed by atoms with Gasteiger partial charge in [-0.2, -0.15) is 18.4 Å². The Labute approximate surface area is 199 Å². The molecule has 2 aromatic heterocycles. The third-order valence-corrected chi connectivity index (χ3v) is 8.70. The predicted octanol–water partition coefficient (Wildman–Crippen LogP) is 2.96. The van der Waals surface area contributed by atoms with E-state index in [-0.39, 0.29) is 35.0 Å². The molecule has 2 N–H and O–H groups in total. The number of rotatable bonds is 8. The van der Waals surface area contributed by atoms with Crippen molar-refractivity contribution in [1.82, 2.24) is 13.7 Å². The molecule has 0 saturated heterocycles. The third kappa shape index (κ3) is 5.42. The number of hydrogen-bond acceptors (Lipinski definition) is 7. The topological polar surface area (TPSA) is 134 Å². The maximum atomic E-state index is 13.1. The van der Waals surface area contributed by atoms with Crippen molar-refractivity contribution in [2.75, 3.05) is 11.1 Å². The van der Waals surface area contributed by atoms with Gasteiger partial charge in [0, 0.05) is 29.9 Å². The second-order valence-electron chi connectivity index (χ2n) is 8.14. The molecule has 0 bridgehead atoms. The van der Waals surface area contributed by atoms with E-state index >= 15 is 0 Å². The van der Waals surface area contributed by atoms with E-state index in [1.165, 1.54) is 30.6 Å². The van der Waals surface area contributed by atoms with Crippen LogP contribution >= 0.6 is 0 Å². The molecular weight excluding hydrogens is 507 g/mol. The molecule has 9 nitrogen and oxygen atoms in total. The first kappa shape index (κ1) is 25.0. The first-order valence-electron chi connectivity index (χ1n) is 10.4. The number of nitrogens with one attached hydrogen (secondary N) is 2. The van der Waals surface area contributed by atoms with Crippen molar-refractivity contribution in [2.24, 2.45) is 0 Å². The number of alkyl halides is 3. The summed E-state index contributed by atoms with van der Waals surface area (Å²) in [7, 11) is -8.03. The van der Waals surface area contributed by atoms with E-state index in [4.69, 9.17) is 0 Å². The lowest BCUT2D eigenvalue weighted by Crippen LogP contribution is -2.50. The van der Waals surface area contributed by atoms with E-state index in [2.05, 4.69) is 15.0 Å². The molecule has 0 amide bonds. The van der Waals surface area contributed by atoms with Crippen molar-refractivity contribution in [1.29, 1.82) is 5.26 Å². The molecule has 1 aliphatic rings. The van der Waals surface area contributed by atoms with Crippen LogP contribution in [0.15, 0.2) is 53.7 Å². The van der Waals surface area contributed by atoms with Crippen LogP contribution in [0.5, 0.6) is 0 Å². The number of pyridine rings is 1. The van der Waals surface area contributed by atoms with E-state index in [9.17, 15) is 35.3 Å². The monoisotopic (exact) mass is 527 g/mol. The van der Waals surface area contributed by atoms with Gasteiger partial charge in [-0.3, -0.25) is 0 Å². The van der Waals surface area contributed by atoms with E-state index in [1.54, 1.807) is 18.2 Å². The van der Waals surface area contributed by atoms with Gasteiger partial charge in [0.1, 0.15) is 6.07 Å². The molecular formula is C21H20F3N5O4S2. The number of fused-ring (bicyclic) bond motifs is 1. The Morgan fingerprint density at radius 3 is 2.40 bits per heavy atom. The highest BCUT2D eigenvalue weighted by Crippen LogP contribution is 2.33. The average Bonchev–Trinajstić information content (AvgIpc) is 3.22. The summed E-state index contributed by atoms with van der Waals surface area (Å²) < 4.78 is 90.1. The maximum Gasteiger partial charge on any atom is 0.390 e. The van der Waals surface area contributed by atoms with Crippen molar-refractivity contribution in [3.8, 4) is 6.07 Å². The Hall–Kier alpha value is -3.15. The Morgan fingerprint density at radius 2 is 1.77 bits per heavy atom. The highest BCUT2D eigenvalue weighted by molar-refractivity contribution is 7.90. The molecule has 2 heterocycles. The van der Waals surface area contributed by atoms with E-state index in [0.29, 0.717) is 11.1 Å². The number of hydrogen-bond donors (Lipinski definition) is 2. The molecule has 1 saturated carbocycles. The molecule has 4 rings (SSSR count). The van der Waals surface area contributed by atoms with Gasteiger partial charge >= 0.3 is 6.18 Å². The fourth-order valence-corrected chi connectivity index (χ4v) is 6.44. The first-order chi connectivity index (χ1) is 16.4. The van der Waals surface area contributed by atoms with Gasteiger partial charge in [0.05, 0.1) is 28.3 Å². The van der Waals surface area contributed by atoms with Crippen LogP contribution in [0.3, 0.4) is 0 Å². The Kier molecular flexibility index (Phi) is 6.52. The normalized spacial score (nSPS) is 18.7. The van der Waals surface area contributed by atoms with Gasteiger partial charge in [-0.25, -0.2) is 30.5 Å². The van der Waals surface area contributed by atoms with Crippen LogP contribution in [0, 0.1) is 11.3 Å². The van der Waals surface area contributed by atoms with Crippen molar-refractivity contribution >= 4 is 36.8 Å². The molecule has 0 atom stereocenters. The quantitative estimate of drug-likeness (QED) is 0.460. The summed E-state index contributed by atoms with van der Waals surface area (Å²) in [6, 6.07) is 10.5.